The van der Waals surface area contributed by atoms with Crippen molar-refractivity contribution in [2.75, 3.05) is 41.0 Å². The maximum Gasteiger partial charge on any atom is 0.306 e. The van der Waals surface area contributed by atoms with E-state index in [0.29, 0.717) is 12.8 Å². The Labute approximate surface area is 319 Å². The monoisotopic (exact) mass is 734 g/mol. The molecule has 0 N–H and O–H groups in total. The van der Waals surface area contributed by atoms with E-state index in [1.54, 1.807) is 21.1 Å². The number of hydrogen-bond donors (Lipinski definition) is 0. The molecule has 0 aromatic carbocycles. The Balaban J connectivity index is 4.15. The van der Waals surface area contributed by atoms with Crippen molar-refractivity contribution in [1.82, 2.24) is 0 Å². The molecule has 0 saturated carbocycles. The lowest BCUT2D eigenvalue weighted by Gasteiger charge is -2.34. The summed E-state index contributed by atoms with van der Waals surface area (Å²) in [6, 6.07) is -0.728. The van der Waals surface area contributed by atoms with Crippen molar-refractivity contribution >= 4 is 17.9 Å². The minimum absolute atomic E-state index is 0.0264. The largest absolute Gasteiger partial charge is 0.544 e. The van der Waals surface area contributed by atoms with Crippen LogP contribution in [0.15, 0.2) is 36.5 Å². The molecule has 52 heavy (non-hydrogen) atoms. The molecule has 8 heteroatoms. The van der Waals surface area contributed by atoms with Crippen LogP contribution >= 0.6 is 0 Å². The highest BCUT2D eigenvalue weighted by molar-refractivity contribution is 5.70. The number of carboxylic acids is 1. The number of quaternary nitrogens is 1. The zero-order valence-electron chi connectivity index (χ0n) is 34.2. The maximum absolute atomic E-state index is 12.5. The van der Waals surface area contributed by atoms with Crippen molar-refractivity contribution in [1.29, 1.82) is 0 Å². The molecule has 0 heterocycles. The van der Waals surface area contributed by atoms with Crippen molar-refractivity contribution in [3.8, 4) is 0 Å². The number of rotatable bonds is 37. The first-order valence-electron chi connectivity index (χ1n) is 21.0. The Hall–Kier alpha value is -2.45. The van der Waals surface area contributed by atoms with E-state index in [0.717, 1.165) is 44.9 Å². The molecule has 0 saturated heterocycles. The van der Waals surface area contributed by atoms with E-state index in [-0.39, 0.29) is 49.1 Å². The number of carbonyl (C=O) groups excluding carboxylic acids is 3. The second kappa shape index (κ2) is 35.6. The minimum atomic E-state index is -1.13. The third-order valence-corrected chi connectivity index (χ3v) is 9.27. The molecule has 0 aliphatic rings. The van der Waals surface area contributed by atoms with Crippen LogP contribution in [0.3, 0.4) is 0 Å². The van der Waals surface area contributed by atoms with E-state index in [2.05, 4.69) is 44.2 Å². The summed E-state index contributed by atoms with van der Waals surface area (Å²) in [6.07, 6.45) is 39.2. The van der Waals surface area contributed by atoms with Crippen molar-refractivity contribution in [3.63, 3.8) is 0 Å². The summed E-state index contributed by atoms with van der Waals surface area (Å²) in [5, 5.41) is 11.6. The SMILES string of the molecule is CC/C=C/C/C=C/CCCCCCCCCCCCCCCCC(=O)OCC(COCCC(C(=O)[O-])[N+](C)(C)C)OC(=O)CC/C=C/CCCCC. The zero-order chi connectivity index (χ0) is 38.5. The highest BCUT2D eigenvalue weighted by atomic mass is 16.6. The van der Waals surface area contributed by atoms with Gasteiger partial charge in [-0.2, -0.15) is 0 Å². The van der Waals surface area contributed by atoms with Crippen LogP contribution in [0.5, 0.6) is 0 Å². The van der Waals surface area contributed by atoms with Crippen molar-refractivity contribution < 1.29 is 38.2 Å². The molecule has 0 aliphatic heterocycles. The number of allylic oxidation sites excluding steroid dienone is 6. The molecule has 0 amide bonds. The number of carboxylic acid groups (broad SMARTS) is 1. The third kappa shape index (κ3) is 33.4. The summed E-state index contributed by atoms with van der Waals surface area (Å²) in [6.45, 7) is 4.45. The molecular formula is C44H79NO7. The summed E-state index contributed by atoms with van der Waals surface area (Å²) >= 11 is 0. The second-order valence-electron chi connectivity index (χ2n) is 15.2. The van der Waals surface area contributed by atoms with Gasteiger partial charge in [-0.05, 0) is 51.4 Å². The maximum atomic E-state index is 12.5. The summed E-state index contributed by atoms with van der Waals surface area (Å²) < 4.78 is 17.0. The van der Waals surface area contributed by atoms with Gasteiger partial charge in [-0.3, -0.25) is 9.59 Å². The molecule has 302 valence electrons. The van der Waals surface area contributed by atoms with Crippen molar-refractivity contribution in [2.24, 2.45) is 0 Å². The molecule has 2 unspecified atom stereocenters. The molecule has 0 radical (unpaired) electrons. The fourth-order valence-electron chi connectivity index (χ4n) is 6.01. The molecule has 0 spiro atoms. The quantitative estimate of drug-likeness (QED) is 0.0271. The van der Waals surface area contributed by atoms with Gasteiger partial charge in [0.1, 0.15) is 12.6 Å². The summed E-state index contributed by atoms with van der Waals surface area (Å²) in [5.74, 6) is -1.80. The van der Waals surface area contributed by atoms with Gasteiger partial charge in [0.15, 0.2) is 6.10 Å². The van der Waals surface area contributed by atoms with Gasteiger partial charge in [0.05, 0.1) is 40.3 Å². The van der Waals surface area contributed by atoms with Crippen molar-refractivity contribution in [2.45, 2.75) is 187 Å². The third-order valence-electron chi connectivity index (χ3n) is 9.27. The number of esters is 2. The normalized spacial score (nSPS) is 13.3. The average molecular weight is 734 g/mol. The lowest BCUT2D eigenvalue weighted by molar-refractivity contribution is -0.889. The first kappa shape index (κ1) is 49.6. The van der Waals surface area contributed by atoms with Gasteiger partial charge in [-0.1, -0.05) is 140 Å². The zero-order valence-corrected chi connectivity index (χ0v) is 34.2. The lowest BCUT2D eigenvalue weighted by atomic mass is 10.0. The highest BCUT2D eigenvalue weighted by Crippen LogP contribution is 2.15. The van der Waals surface area contributed by atoms with E-state index in [1.807, 2.05) is 6.08 Å². The van der Waals surface area contributed by atoms with Crippen molar-refractivity contribution in [3.05, 3.63) is 36.5 Å². The standard InChI is InChI=1S/C44H79NO7/c1-6-8-10-12-14-15-16-17-18-19-20-21-22-23-24-25-26-27-29-30-32-34-42(46)51-39-40(38-50-37-36-41(44(48)49)45(3,4)5)52-43(47)35-33-31-28-13-11-9-7-2/h8,10,14-15,28,31,40-41H,6-7,9,11-13,16-27,29-30,32-39H2,1-5H3/b10-8+,15-14+,31-28+. The average Bonchev–Trinajstić information content (AvgIpc) is 3.09. The predicted octanol–water partition coefficient (Wildman–Crippen LogP) is 9.74. The number of aliphatic carboxylic acids is 1. The van der Waals surface area contributed by atoms with Gasteiger partial charge in [0.25, 0.3) is 0 Å². The smallest absolute Gasteiger partial charge is 0.306 e. The minimum Gasteiger partial charge on any atom is -0.544 e. The molecule has 8 nitrogen and oxygen atoms in total. The van der Waals surface area contributed by atoms with Crippen LogP contribution in [-0.2, 0) is 28.6 Å². The topological polar surface area (TPSA) is 102 Å². The number of carbonyl (C=O) groups is 3. The summed E-state index contributed by atoms with van der Waals surface area (Å²) in [4.78, 5) is 36.6. The number of likely N-dealkylation sites (N-methyl/N-ethyl adjacent to an activating group) is 1. The summed E-state index contributed by atoms with van der Waals surface area (Å²) in [5.41, 5.74) is 0. The lowest BCUT2D eigenvalue weighted by Crippen LogP contribution is -2.55. The molecule has 0 aliphatic carbocycles. The fraction of sp³-hybridized carbons (Fsp3) is 0.795. The van der Waals surface area contributed by atoms with Crippen LogP contribution in [0.25, 0.3) is 0 Å². The van der Waals surface area contributed by atoms with Crippen LogP contribution in [-0.4, -0.2) is 75.5 Å². The first-order chi connectivity index (χ1) is 25.1. The Morgan fingerprint density at radius 3 is 1.67 bits per heavy atom. The van der Waals surface area contributed by atoms with E-state index in [1.165, 1.54) is 89.9 Å². The Kier molecular flexibility index (Phi) is 33.9. The highest BCUT2D eigenvalue weighted by Gasteiger charge is 2.25. The van der Waals surface area contributed by atoms with Crippen LogP contribution < -0.4 is 5.11 Å². The molecule has 0 fully saturated rings. The van der Waals surface area contributed by atoms with Gasteiger partial charge in [-0.15, -0.1) is 0 Å². The van der Waals surface area contributed by atoms with Gasteiger partial charge in [0, 0.05) is 19.3 Å². The molecule has 0 aromatic rings. The molecule has 0 aromatic heterocycles. The van der Waals surface area contributed by atoms with Crippen LogP contribution in [0.2, 0.25) is 0 Å². The number of hydrogen-bond acceptors (Lipinski definition) is 7. The number of unbranched alkanes of at least 4 members (excludes halogenated alkanes) is 17. The Morgan fingerprint density at radius 1 is 0.596 bits per heavy atom. The second-order valence-corrected chi connectivity index (χ2v) is 15.2. The first-order valence-corrected chi connectivity index (χ1v) is 21.0. The molecule has 0 bridgehead atoms. The van der Waals surface area contributed by atoms with Gasteiger partial charge >= 0.3 is 11.9 Å². The van der Waals surface area contributed by atoms with Gasteiger partial charge < -0.3 is 28.6 Å². The van der Waals surface area contributed by atoms with Gasteiger partial charge in [0.2, 0.25) is 0 Å². The molecular weight excluding hydrogens is 654 g/mol. The Bertz CT molecular complexity index is 953. The molecule has 2 atom stereocenters. The van der Waals surface area contributed by atoms with E-state index < -0.39 is 18.1 Å². The summed E-state index contributed by atoms with van der Waals surface area (Å²) in [7, 11) is 5.38. The van der Waals surface area contributed by atoms with E-state index in [4.69, 9.17) is 14.2 Å². The van der Waals surface area contributed by atoms with Crippen LogP contribution in [0.1, 0.15) is 174 Å². The number of ether oxygens (including phenoxy) is 3. The van der Waals surface area contributed by atoms with E-state index in [9.17, 15) is 19.5 Å². The predicted molar refractivity (Wildman–Crippen MR) is 213 cm³/mol. The fourth-order valence-corrected chi connectivity index (χ4v) is 6.01. The van der Waals surface area contributed by atoms with Crippen LogP contribution in [0.4, 0.5) is 0 Å². The van der Waals surface area contributed by atoms with Gasteiger partial charge in [-0.25, -0.2) is 0 Å². The molecule has 0 rings (SSSR count). The Morgan fingerprint density at radius 2 is 1.12 bits per heavy atom. The van der Waals surface area contributed by atoms with E-state index >= 15 is 0 Å². The van der Waals surface area contributed by atoms with Crippen LogP contribution in [0, 0.1) is 0 Å². The number of nitrogens with zero attached hydrogens (tertiary/aromatic N) is 1.